The highest BCUT2D eigenvalue weighted by atomic mass is 16.5. The van der Waals surface area contributed by atoms with Crippen LogP contribution in [0.5, 0.6) is 5.75 Å². The molecular formula is C17H18N6O2. The highest BCUT2D eigenvalue weighted by molar-refractivity contribution is 5.82. The SMILES string of the molecule is O=C(COc1ccccc1)N1CCC(Nc2ncnc3nc[nH]c23)C1. The van der Waals surface area contributed by atoms with E-state index in [0.717, 1.165) is 11.9 Å². The molecule has 1 saturated heterocycles. The summed E-state index contributed by atoms with van der Waals surface area (Å²) in [5.74, 6) is 1.40. The largest absolute Gasteiger partial charge is 0.484 e. The molecule has 1 amide bonds. The topological polar surface area (TPSA) is 96.0 Å². The number of benzene rings is 1. The van der Waals surface area contributed by atoms with Crippen molar-refractivity contribution in [2.24, 2.45) is 0 Å². The lowest BCUT2D eigenvalue weighted by Gasteiger charge is -2.17. The summed E-state index contributed by atoms with van der Waals surface area (Å²) in [6.07, 6.45) is 3.93. The van der Waals surface area contributed by atoms with E-state index in [4.69, 9.17) is 4.74 Å². The number of para-hydroxylation sites is 1. The number of nitrogens with one attached hydrogen (secondary N) is 2. The molecule has 2 N–H and O–H groups in total. The minimum atomic E-state index is -0.0115. The number of amides is 1. The van der Waals surface area contributed by atoms with Crippen LogP contribution in [0.1, 0.15) is 6.42 Å². The molecule has 2 aromatic heterocycles. The van der Waals surface area contributed by atoms with Gasteiger partial charge in [0.25, 0.3) is 5.91 Å². The number of carbonyl (C=O) groups is 1. The normalized spacial score (nSPS) is 17.0. The molecule has 0 bridgehead atoms. The van der Waals surface area contributed by atoms with Crippen LogP contribution in [0.2, 0.25) is 0 Å². The van der Waals surface area contributed by atoms with E-state index in [1.54, 1.807) is 6.33 Å². The van der Waals surface area contributed by atoms with Gasteiger partial charge in [-0.15, -0.1) is 0 Å². The molecule has 0 spiro atoms. The van der Waals surface area contributed by atoms with Gasteiger partial charge in [0.1, 0.15) is 17.6 Å². The summed E-state index contributed by atoms with van der Waals surface area (Å²) in [4.78, 5) is 29.7. The van der Waals surface area contributed by atoms with E-state index in [-0.39, 0.29) is 18.6 Å². The van der Waals surface area contributed by atoms with Crippen molar-refractivity contribution < 1.29 is 9.53 Å². The quantitative estimate of drug-likeness (QED) is 0.731. The molecule has 1 atom stereocenters. The number of carbonyl (C=O) groups excluding carboxylic acids is 1. The van der Waals surface area contributed by atoms with Crippen LogP contribution in [-0.2, 0) is 4.79 Å². The summed E-state index contributed by atoms with van der Waals surface area (Å²) < 4.78 is 5.54. The number of aromatic nitrogens is 4. The van der Waals surface area contributed by atoms with Crippen LogP contribution in [0.3, 0.4) is 0 Å². The van der Waals surface area contributed by atoms with Crippen LogP contribution in [-0.4, -0.2) is 56.5 Å². The van der Waals surface area contributed by atoms with E-state index in [9.17, 15) is 4.79 Å². The second-order valence-electron chi connectivity index (χ2n) is 5.89. The fraction of sp³-hybridized carbons (Fsp3) is 0.294. The first-order valence-electron chi connectivity index (χ1n) is 8.16. The third-order valence-corrected chi connectivity index (χ3v) is 4.21. The van der Waals surface area contributed by atoms with Gasteiger partial charge in [0.2, 0.25) is 0 Å². The lowest BCUT2D eigenvalue weighted by atomic mass is 10.2. The van der Waals surface area contributed by atoms with E-state index in [0.29, 0.717) is 30.3 Å². The molecule has 0 aliphatic carbocycles. The smallest absolute Gasteiger partial charge is 0.260 e. The Morgan fingerprint density at radius 2 is 2.16 bits per heavy atom. The van der Waals surface area contributed by atoms with Crippen molar-refractivity contribution in [2.45, 2.75) is 12.5 Å². The number of ether oxygens (including phenoxy) is 1. The van der Waals surface area contributed by atoms with Gasteiger partial charge in [-0.2, -0.15) is 0 Å². The number of rotatable bonds is 5. The molecule has 1 fully saturated rings. The highest BCUT2D eigenvalue weighted by Gasteiger charge is 2.27. The van der Waals surface area contributed by atoms with E-state index in [2.05, 4.69) is 25.3 Å². The van der Waals surface area contributed by atoms with Gasteiger partial charge in [0.05, 0.1) is 6.33 Å². The summed E-state index contributed by atoms with van der Waals surface area (Å²) in [5.41, 5.74) is 1.40. The Bertz CT molecular complexity index is 866. The minimum absolute atomic E-state index is 0.0115. The first-order valence-corrected chi connectivity index (χ1v) is 8.16. The average molecular weight is 338 g/mol. The van der Waals surface area contributed by atoms with Crippen LogP contribution in [0, 0.1) is 0 Å². The number of hydrogen-bond acceptors (Lipinski definition) is 6. The summed E-state index contributed by atoms with van der Waals surface area (Å²) in [7, 11) is 0. The van der Waals surface area contributed by atoms with Crippen LogP contribution in [0.25, 0.3) is 11.2 Å². The van der Waals surface area contributed by atoms with Gasteiger partial charge in [0, 0.05) is 19.1 Å². The number of hydrogen-bond donors (Lipinski definition) is 2. The summed E-state index contributed by atoms with van der Waals surface area (Å²) in [5, 5.41) is 3.37. The minimum Gasteiger partial charge on any atom is -0.484 e. The fourth-order valence-electron chi connectivity index (χ4n) is 2.93. The molecule has 8 nitrogen and oxygen atoms in total. The molecule has 0 saturated carbocycles. The van der Waals surface area contributed by atoms with Gasteiger partial charge < -0.3 is 19.9 Å². The molecule has 3 aromatic rings. The summed E-state index contributed by atoms with van der Waals surface area (Å²) in [6, 6.07) is 9.50. The zero-order valence-electron chi connectivity index (χ0n) is 13.6. The van der Waals surface area contributed by atoms with Crippen molar-refractivity contribution in [3.63, 3.8) is 0 Å². The second-order valence-corrected chi connectivity index (χ2v) is 5.89. The predicted molar refractivity (Wildman–Crippen MR) is 92.2 cm³/mol. The zero-order chi connectivity index (χ0) is 17.1. The number of fused-ring (bicyclic) bond motifs is 1. The highest BCUT2D eigenvalue weighted by Crippen LogP contribution is 2.19. The molecule has 0 radical (unpaired) electrons. The monoisotopic (exact) mass is 338 g/mol. The molecule has 8 heteroatoms. The molecule has 3 heterocycles. The summed E-state index contributed by atoms with van der Waals surface area (Å²) >= 11 is 0. The van der Waals surface area contributed by atoms with Crippen LogP contribution >= 0.6 is 0 Å². The van der Waals surface area contributed by atoms with E-state index in [1.165, 1.54) is 6.33 Å². The number of likely N-dealkylation sites (tertiary alicyclic amines) is 1. The molecule has 1 aliphatic rings. The van der Waals surface area contributed by atoms with Gasteiger partial charge in [-0.25, -0.2) is 15.0 Å². The Hall–Kier alpha value is -3.16. The molecule has 4 rings (SSSR count). The maximum absolute atomic E-state index is 12.3. The fourth-order valence-corrected chi connectivity index (χ4v) is 2.93. The molecular weight excluding hydrogens is 320 g/mol. The third kappa shape index (κ3) is 3.37. The van der Waals surface area contributed by atoms with E-state index < -0.39 is 0 Å². The van der Waals surface area contributed by atoms with Gasteiger partial charge in [0.15, 0.2) is 18.1 Å². The Balaban J connectivity index is 1.33. The Kier molecular flexibility index (Phi) is 4.16. The van der Waals surface area contributed by atoms with Gasteiger partial charge in [-0.1, -0.05) is 18.2 Å². The third-order valence-electron chi connectivity index (χ3n) is 4.21. The lowest BCUT2D eigenvalue weighted by molar-refractivity contribution is -0.132. The Morgan fingerprint density at radius 3 is 3.04 bits per heavy atom. The van der Waals surface area contributed by atoms with Crippen molar-refractivity contribution in [1.29, 1.82) is 0 Å². The van der Waals surface area contributed by atoms with Gasteiger partial charge >= 0.3 is 0 Å². The molecule has 1 aliphatic heterocycles. The first-order chi connectivity index (χ1) is 12.3. The molecule has 25 heavy (non-hydrogen) atoms. The van der Waals surface area contributed by atoms with E-state index >= 15 is 0 Å². The van der Waals surface area contributed by atoms with E-state index in [1.807, 2.05) is 35.2 Å². The van der Waals surface area contributed by atoms with Crippen LogP contribution in [0.15, 0.2) is 43.0 Å². The van der Waals surface area contributed by atoms with Crippen LogP contribution in [0.4, 0.5) is 5.82 Å². The number of imidazole rings is 1. The lowest BCUT2D eigenvalue weighted by Crippen LogP contribution is -2.35. The average Bonchev–Trinajstić information content (AvgIpc) is 3.30. The van der Waals surface area contributed by atoms with Crippen molar-refractivity contribution in [1.82, 2.24) is 24.8 Å². The van der Waals surface area contributed by atoms with Crippen molar-refractivity contribution in [2.75, 3.05) is 25.0 Å². The molecule has 128 valence electrons. The first kappa shape index (κ1) is 15.4. The Labute approximate surface area is 144 Å². The number of nitrogens with zero attached hydrogens (tertiary/aromatic N) is 4. The van der Waals surface area contributed by atoms with Gasteiger partial charge in [-0.05, 0) is 18.6 Å². The maximum atomic E-state index is 12.3. The van der Waals surface area contributed by atoms with Crippen molar-refractivity contribution in [3.8, 4) is 5.75 Å². The second kappa shape index (κ2) is 6.76. The maximum Gasteiger partial charge on any atom is 0.260 e. The Morgan fingerprint density at radius 1 is 1.28 bits per heavy atom. The number of H-pyrrole nitrogens is 1. The van der Waals surface area contributed by atoms with Crippen molar-refractivity contribution >= 4 is 22.9 Å². The van der Waals surface area contributed by atoms with Crippen LogP contribution < -0.4 is 10.1 Å². The zero-order valence-corrected chi connectivity index (χ0v) is 13.6. The van der Waals surface area contributed by atoms with Crippen molar-refractivity contribution in [3.05, 3.63) is 43.0 Å². The predicted octanol–water partition coefficient (Wildman–Crippen LogP) is 1.44. The standard InChI is InChI=1S/C17H18N6O2/c24-14(9-25-13-4-2-1-3-5-13)23-7-6-12(8-23)22-17-15-16(19-10-18-15)20-11-21-17/h1-5,10-12H,6-9H2,(H2,18,19,20,21,22). The number of aromatic amines is 1. The molecule has 1 aromatic carbocycles. The number of anilines is 1. The van der Waals surface area contributed by atoms with Gasteiger partial charge in [-0.3, -0.25) is 4.79 Å². The summed E-state index contributed by atoms with van der Waals surface area (Å²) in [6.45, 7) is 1.37. The molecule has 1 unspecified atom stereocenters.